The fraction of sp³-hybridized carbons (Fsp3) is 0.588. The minimum absolute atomic E-state index is 0. The molecule has 0 aliphatic rings. The van der Waals surface area contributed by atoms with Gasteiger partial charge in [-0.15, -0.1) is 12.4 Å². The number of nitriles is 1. The normalized spacial score (nSPS) is 13.2. The summed E-state index contributed by atoms with van der Waals surface area (Å²) < 4.78 is 0. The first-order valence-electron chi connectivity index (χ1n) is 6.99. The number of nitrogens with zero attached hydrogens (tertiary/aromatic N) is 1. The van der Waals surface area contributed by atoms with Crippen molar-refractivity contribution in [3.05, 3.63) is 28.8 Å². The maximum absolute atomic E-state index is 10.5. The third-order valence-electron chi connectivity index (χ3n) is 3.52. The van der Waals surface area contributed by atoms with Crippen LogP contribution < -0.4 is 5.73 Å². The van der Waals surface area contributed by atoms with Gasteiger partial charge in [0.15, 0.2) is 0 Å². The van der Waals surface area contributed by atoms with Crippen molar-refractivity contribution in [1.29, 1.82) is 5.26 Å². The molecule has 0 bridgehead atoms. The standard InChI is InChI=1S/C17H26N2O.ClH/c1-16(2,3)11-9-12(14(19)7-8-18)15(20)13(10-11)17(4,5)6;/h9-10,14,20H,7,19H2,1-6H3;1H/t14-;/m0./s1. The molecule has 4 heteroatoms. The molecule has 3 N–H and O–H groups in total. The van der Waals surface area contributed by atoms with Gasteiger partial charge in [0.2, 0.25) is 0 Å². The van der Waals surface area contributed by atoms with E-state index in [0.29, 0.717) is 5.56 Å². The largest absolute Gasteiger partial charge is 0.507 e. The van der Waals surface area contributed by atoms with Crippen molar-refractivity contribution in [3.8, 4) is 11.8 Å². The SMILES string of the molecule is CC(C)(C)c1cc([C@@H](N)CC#N)c(O)c(C(C)(C)C)c1.Cl. The molecule has 0 amide bonds. The maximum atomic E-state index is 10.5. The molecule has 1 aromatic rings. The van der Waals surface area contributed by atoms with Gasteiger partial charge >= 0.3 is 0 Å². The van der Waals surface area contributed by atoms with Gasteiger partial charge in [0, 0.05) is 11.6 Å². The van der Waals surface area contributed by atoms with Crippen LogP contribution in [0.3, 0.4) is 0 Å². The fourth-order valence-corrected chi connectivity index (χ4v) is 2.15. The third kappa shape index (κ3) is 4.62. The van der Waals surface area contributed by atoms with E-state index in [-0.39, 0.29) is 35.4 Å². The van der Waals surface area contributed by atoms with E-state index in [2.05, 4.69) is 53.7 Å². The highest BCUT2D eigenvalue weighted by Crippen LogP contribution is 2.39. The third-order valence-corrected chi connectivity index (χ3v) is 3.52. The van der Waals surface area contributed by atoms with E-state index in [9.17, 15) is 5.11 Å². The fourth-order valence-electron chi connectivity index (χ4n) is 2.15. The quantitative estimate of drug-likeness (QED) is 0.854. The molecule has 0 fully saturated rings. The van der Waals surface area contributed by atoms with Gasteiger partial charge in [-0.2, -0.15) is 5.26 Å². The highest BCUT2D eigenvalue weighted by atomic mass is 35.5. The summed E-state index contributed by atoms with van der Waals surface area (Å²) in [4.78, 5) is 0. The summed E-state index contributed by atoms with van der Waals surface area (Å²) in [5, 5.41) is 19.4. The first-order chi connectivity index (χ1) is 8.98. The molecule has 1 rings (SSSR count). The van der Waals surface area contributed by atoms with Crippen LogP contribution >= 0.6 is 12.4 Å². The summed E-state index contributed by atoms with van der Waals surface area (Å²) in [6, 6.07) is 5.61. The number of hydrogen-bond acceptors (Lipinski definition) is 3. The molecule has 0 aliphatic carbocycles. The minimum atomic E-state index is -0.455. The molecular weight excluding hydrogens is 284 g/mol. The average molecular weight is 311 g/mol. The van der Waals surface area contributed by atoms with Crippen LogP contribution in [-0.4, -0.2) is 5.11 Å². The molecule has 0 aromatic heterocycles. The van der Waals surface area contributed by atoms with Crippen LogP contribution in [0, 0.1) is 11.3 Å². The zero-order valence-electron chi connectivity index (χ0n) is 13.8. The highest BCUT2D eigenvalue weighted by Gasteiger charge is 2.26. The van der Waals surface area contributed by atoms with E-state index >= 15 is 0 Å². The number of rotatable bonds is 2. The number of aromatic hydroxyl groups is 1. The maximum Gasteiger partial charge on any atom is 0.124 e. The van der Waals surface area contributed by atoms with Crippen LogP contribution in [0.2, 0.25) is 0 Å². The van der Waals surface area contributed by atoms with Gasteiger partial charge in [0.25, 0.3) is 0 Å². The van der Waals surface area contributed by atoms with Crippen molar-refractivity contribution in [3.63, 3.8) is 0 Å². The van der Waals surface area contributed by atoms with Crippen LogP contribution in [0.5, 0.6) is 5.75 Å². The summed E-state index contributed by atoms with van der Waals surface area (Å²) in [5.74, 6) is 0.230. The summed E-state index contributed by atoms with van der Waals surface area (Å²) in [6.07, 6.45) is 0.199. The lowest BCUT2D eigenvalue weighted by Gasteiger charge is -2.28. The zero-order valence-corrected chi connectivity index (χ0v) is 14.6. The molecule has 0 radical (unpaired) electrons. The van der Waals surface area contributed by atoms with Crippen molar-refractivity contribution in [1.82, 2.24) is 0 Å². The van der Waals surface area contributed by atoms with E-state index in [1.54, 1.807) is 0 Å². The molecule has 0 unspecified atom stereocenters. The Morgan fingerprint density at radius 2 is 1.67 bits per heavy atom. The Hall–Kier alpha value is -1.24. The van der Waals surface area contributed by atoms with E-state index in [1.807, 2.05) is 6.07 Å². The second kappa shape index (κ2) is 6.68. The van der Waals surface area contributed by atoms with Gasteiger partial charge in [0.05, 0.1) is 12.5 Å². The van der Waals surface area contributed by atoms with Crippen molar-refractivity contribution in [2.45, 2.75) is 64.8 Å². The van der Waals surface area contributed by atoms with Crippen LogP contribution in [0.25, 0.3) is 0 Å². The van der Waals surface area contributed by atoms with Crippen LogP contribution in [-0.2, 0) is 10.8 Å². The molecule has 1 atom stereocenters. The van der Waals surface area contributed by atoms with Crippen LogP contribution in [0.4, 0.5) is 0 Å². The van der Waals surface area contributed by atoms with Crippen LogP contribution in [0.15, 0.2) is 12.1 Å². The Kier molecular flexibility index (Phi) is 6.29. The van der Waals surface area contributed by atoms with Crippen molar-refractivity contribution in [2.24, 2.45) is 5.73 Å². The average Bonchev–Trinajstić information content (AvgIpc) is 2.26. The lowest BCUT2D eigenvalue weighted by Crippen LogP contribution is -2.20. The molecule has 21 heavy (non-hydrogen) atoms. The smallest absolute Gasteiger partial charge is 0.124 e. The second-order valence-electron chi connectivity index (χ2n) is 7.43. The van der Waals surface area contributed by atoms with E-state index in [0.717, 1.165) is 11.1 Å². The lowest BCUT2D eigenvalue weighted by molar-refractivity contribution is 0.432. The van der Waals surface area contributed by atoms with E-state index in [4.69, 9.17) is 11.0 Å². The molecule has 1 aromatic carbocycles. The number of benzene rings is 1. The van der Waals surface area contributed by atoms with Crippen molar-refractivity contribution < 1.29 is 5.11 Å². The Morgan fingerprint density at radius 1 is 1.14 bits per heavy atom. The first kappa shape index (κ1) is 19.8. The summed E-state index contributed by atoms with van der Waals surface area (Å²) >= 11 is 0. The van der Waals surface area contributed by atoms with Gasteiger partial charge in [-0.05, 0) is 28.0 Å². The summed E-state index contributed by atoms with van der Waals surface area (Å²) in [7, 11) is 0. The predicted octanol–water partition coefficient (Wildman–Crippen LogP) is 4.32. The van der Waals surface area contributed by atoms with Gasteiger partial charge < -0.3 is 10.8 Å². The van der Waals surface area contributed by atoms with Gasteiger partial charge in [-0.1, -0.05) is 47.6 Å². The Bertz CT molecular complexity index is 533. The number of phenols is 1. The molecule has 0 spiro atoms. The number of halogens is 1. The first-order valence-corrected chi connectivity index (χ1v) is 6.99. The summed E-state index contributed by atoms with van der Waals surface area (Å²) in [5.41, 5.74) is 8.52. The monoisotopic (exact) mass is 310 g/mol. The number of phenolic OH excluding ortho intramolecular Hbond substituents is 1. The highest BCUT2D eigenvalue weighted by molar-refractivity contribution is 5.85. The second-order valence-corrected chi connectivity index (χ2v) is 7.43. The van der Waals surface area contributed by atoms with Gasteiger partial charge in [0.1, 0.15) is 5.75 Å². The van der Waals surface area contributed by atoms with Crippen molar-refractivity contribution in [2.75, 3.05) is 0 Å². The van der Waals surface area contributed by atoms with E-state index in [1.165, 1.54) is 0 Å². The van der Waals surface area contributed by atoms with Crippen molar-refractivity contribution >= 4 is 12.4 Å². The predicted molar refractivity (Wildman–Crippen MR) is 89.9 cm³/mol. The molecule has 0 saturated heterocycles. The molecule has 118 valence electrons. The van der Waals surface area contributed by atoms with E-state index < -0.39 is 6.04 Å². The topological polar surface area (TPSA) is 70.0 Å². The van der Waals surface area contributed by atoms with Gasteiger partial charge in [-0.25, -0.2) is 0 Å². The minimum Gasteiger partial charge on any atom is -0.507 e. The van der Waals surface area contributed by atoms with Crippen LogP contribution in [0.1, 0.15) is 70.7 Å². The summed E-state index contributed by atoms with van der Waals surface area (Å²) in [6.45, 7) is 12.6. The Labute approximate surface area is 134 Å². The zero-order chi connectivity index (χ0) is 15.7. The lowest BCUT2D eigenvalue weighted by atomic mass is 9.78. The number of hydrogen-bond donors (Lipinski definition) is 2. The molecule has 0 heterocycles. The molecule has 3 nitrogen and oxygen atoms in total. The Balaban J connectivity index is 0.00000400. The molecule has 0 aliphatic heterocycles. The Morgan fingerprint density at radius 3 is 2.05 bits per heavy atom. The molecular formula is C17H27ClN2O. The number of nitrogens with two attached hydrogens (primary N) is 1. The molecule has 0 saturated carbocycles. The van der Waals surface area contributed by atoms with Gasteiger partial charge in [-0.3, -0.25) is 0 Å².